The third-order valence-corrected chi connectivity index (χ3v) is 4.12. The van der Waals surface area contributed by atoms with Crippen LogP contribution in [-0.2, 0) is 0 Å². The Morgan fingerprint density at radius 1 is 0.850 bits per heavy atom. The van der Waals surface area contributed by atoms with Crippen LogP contribution in [0.3, 0.4) is 0 Å². The van der Waals surface area contributed by atoms with E-state index in [0.29, 0.717) is 6.17 Å². The van der Waals surface area contributed by atoms with Crippen LogP contribution in [0.1, 0.15) is 92.4 Å². The van der Waals surface area contributed by atoms with Crippen LogP contribution in [0.2, 0.25) is 0 Å². The lowest BCUT2D eigenvalue weighted by atomic mass is 10.0. The van der Waals surface area contributed by atoms with Crippen molar-refractivity contribution in [2.75, 3.05) is 13.6 Å². The average molecular weight is 285 g/mol. The minimum absolute atomic E-state index is 0.255. The second-order valence-corrected chi connectivity index (χ2v) is 7.08. The molecule has 0 bridgehead atoms. The highest BCUT2D eigenvalue weighted by atomic mass is 15.3. The topological polar surface area (TPSA) is 15.3 Å². The Morgan fingerprint density at radius 3 is 1.85 bits per heavy atom. The van der Waals surface area contributed by atoms with E-state index in [0.717, 1.165) is 0 Å². The first-order valence-corrected chi connectivity index (χ1v) is 8.91. The molecule has 122 valence electrons. The molecule has 0 aliphatic heterocycles. The highest BCUT2D eigenvalue weighted by Crippen LogP contribution is 2.20. The quantitative estimate of drug-likeness (QED) is 0.392. The standard InChI is InChI=1S/C18H40N2/c1-7-9-10-11-12-13-14-15-17(19-6)20(16-8-2)18(3,4)5/h17,19H,7-16H2,1-6H3. The second kappa shape index (κ2) is 11.6. The van der Waals surface area contributed by atoms with Crippen LogP contribution < -0.4 is 5.32 Å². The Labute approximate surface area is 128 Å². The Kier molecular flexibility index (Phi) is 11.5. The van der Waals surface area contributed by atoms with Crippen LogP contribution in [0.15, 0.2) is 0 Å². The molecule has 1 unspecified atom stereocenters. The molecule has 0 fully saturated rings. The van der Waals surface area contributed by atoms with Crippen LogP contribution in [0.5, 0.6) is 0 Å². The van der Waals surface area contributed by atoms with E-state index >= 15 is 0 Å². The molecule has 0 saturated heterocycles. The zero-order valence-corrected chi connectivity index (χ0v) is 15.1. The minimum atomic E-state index is 0.255. The van der Waals surface area contributed by atoms with Gasteiger partial charge in [0, 0.05) is 5.54 Å². The maximum atomic E-state index is 3.53. The fourth-order valence-electron chi connectivity index (χ4n) is 2.95. The van der Waals surface area contributed by atoms with Gasteiger partial charge in [-0.1, -0.05) is 58.8 Å². The first kappa shape index (κ1) is 19.9. The lowest BCUT2D eigenvalue weighted by Crippen LogP contribution is -2.53. The smallest absolute Gasteiger partial charge is 0.0599 e. The number of nitrogens with one attached hydrogen (secondary N) is 1. The highest BCUT2D eigenvalue weighted by Gasteiger charge is 2.26. The van der Waals surface area contributed by atoms with E-state index in [1.54, 1.807) is 0 Å². The van der Waals surface area contributed by atoms with Crippen molar-refractivity contribution in [2.24, 2.45) is 0 Å². The van der Waals surface area contributed by atoms with E-state index in [1.807, 2.05) is 0 Å². The highest BCUT2D eigenvalue weighted by molar-refractivity contribution is 4.81. The van der Waals surface area contributed by atoms with E-state index in [1.165, 1.54) is 64.3 Å². The molecule has 2 heteroatoms. The van der Waals surface area contributed by atoms with Crippen LogP contribution >= 0.6 is 0 Å². The molecular formula is C18H40N2. The number of rotatable bonds is 12. The fraction of sp³-hybridized carbons (Fsp3) is 1.00. The molecule has 0 heterocycles. The number of unbranched alkanes of at least 4 members (excludes halogenated alkanes) is 6. The minimum Gasteiger partial charge on any atom is -0.305 e. The lowest BCUT2D eigenvalue weighted by molar-refractivity contribution is 0.0605. The third-order valence-electron chi connectivity index (χ3n) is 4.12. The average Bonchev–Trinajstić information content (AvgIpc) is 2.39. The summed E-state index contributed by atoms with van der Waals surface area (Å²) in [4.78, 5) is 2.63. The molecule has 0 aromatic carbocycles. The van der Waals surface area contributed by atoms with Crippen molar-refractivity contribution >= 4 is 0 Å². The Bertz CT molecular complexity index is 208. The monoisotopic (exact) mass is 284 g/mol. The summed E-state index contributed by atoms with van der Waals surface area (Å²) in [6, 6.07) is 0. The Balaban J connectivity index is 3.99. The van der Waals surface area contributed by atoms with Gasteiger partial charge in [0.1, 0.15) is 0 Å². The summed E-state index contributed by atoms with van der Waals surface area (Å²) >= 11 is 0. The second-order valence-electron chi connectivity index (χ2n) is 7.08. The van der Waals surface area contributed by atoms with Crippen molar-refractivity contribution in [3.05, 3.63) is 0 Å². The normalized spacial score (nSPS) is 13.9. The number of hydrogen-bond acceptors (Lipinski definition) is 2. The number of nitrogens with zero attached hydrogens (tertiary/aromatic N) is 1. The van der Waals surface area contributed by atoms with Crippen molar-refractivity contribution in [2.45, 2.75) is 104 Å². The summed E-state index contributed by atoms with van der Waals surface area (Å²) in [6.45, 7) is 12.7. The van der Waals surface area contributed by atoms with Crippen LogP contribution in [-0.4, -0.2) is 30.2 Å². The van der Waals surface area contributed by atoms with Gasteiger partial charge in [-0.25, -0.2) is 0 Å². The van der Waals surface area contributed by atoms with Gasteiger partial charge in [0.25, 0.3) is 0 Å². The Hall–Kier alpha value is -0.0800. The van der Waals surface area contributed by atoms with Gasteiger partial charge >= 0.3 is 0 Å². The zero-order valence-electron chi connectivity index (χ0n) is 15.1. The molecule has 0 aromatic heterocycles. The van der Waals surface area contributed by atoms with Gasteiger partial charge in [-0.15, -0.1) is 0 Å². The summed E-state index contributed by atoms with van der Waals surface area (Å²) < 4.78 is 0. The molecule has 20 heavy (non-hydrogen) atoms. The first-order valence-electron chi connectivity index (χ1n) is 8.91. The van der Waals surface area contributed by atoms with Gasteiger partial charge in [0.2, 0.25) is 0 Å². The summed E-state index contributed by atoms with van der Waals surface area (Å²) in [5.41, 5.74) is 0.255. The van der Waals surface area contributed by atoms with Gasteiger partial charge in [-0.2, -0.15) is 0 Å². The predicted molar refractivity (Wildman–Crippen MR) is 92.2 cm³/mol. The maximum absolute atomic E-state index is 3.53. The van der Waals surface area contributed by atoms with E-state index < -0.39 is 0 Å². The molecule has 0 rings (SSSR count). The lowest BCUT2D eigenvalue weighted by Gasteiger charge is -2.41. The van der Waals surface area contributed by atoms with Crippen LogP contribution in [0, 0.1) is 0 Å². The summed E-state index contributed by atoms with van der Waals surface area (Å²) in [7, 11) is 2.11. The van der Waals surface area contributed by atoms with Crippen molar-refractivity contribution in [1.82, 2.24) is 10.2 Å². The Morgan fingerprint density at radius 2 is 1.40 bits per heavy atom. The van der Waals surface area contributed by atoms with Gasteiger partial charge in [0.15, 0.2) is 0 Å². The molecular weight excluding hydrogens is 244 g/mol. The summed E-state index contributed by atoms with van der Waals surface area (Å²) in [5, 5.41) is 3.53. The van der Waals surface area contributed by atoms with E-state index in [9.17, 15) is 0 Å². The van der Waals surface area contributed by atoms with Gasteiger partial charge in [-0.3, -0.25) is 4.90 Å². The molecule has 1 N–H and O–H groups in total. The predicted octanol–water partition coefficient (Wildman–Crippen LogP) is 5.18. The third kappa shape index (κ3) is 8.97. The number of hydrogen-bond donors (Lipinski definition) is 1. The summed E-state index contributed by atoms with van der Waals surface area (Å²) in [5.74, 6) is 0. The van der Waals surface area contributed by atoms with Gasteiger partial charge < -0.3 is 5.32 Å². The maximum Gasteiger partial charge on any atom is 0.0599 e. The zero-order chi connectivity index (χ0) is 15.4. The summed E-state index contributed by atoms with van der Waals surface area (Å²) in [6.07, 6.45) is 12.8. The molecule has 1 atom stereocenters. The van der Waals surface area contributed by atoms with Crippen molar-refractivity contribution in [3.8, 4) is 0 Å². The largest absolute Gasteiger partial charge is 0.305 e. The molecule has 0 spiro atoms. The van der Waals surface area contributed by atoms with E-state index in [4.69, 9.17) is 0 Å². The molecule has 0 aliphatic rings. The van der Waals surface area contributed by atoms with E-state index in [2.05, 4.69) is 51.9 Å². The first-order chi connectivity index (χ1) is 9.47. The molecule has 0 saturated carbocycles. The molecule has 2 nitrogen and oxygen atoms in total. The van der Waals surface area contributed by atoms with Crippen molar-refractivity contribution in [3.63, 3.8) is 0 Å². The molecule has 0 aliphatic carbocycles. The fourth-order valence-corrected chi connectivity index (χ4v) is 2.95. The molecule has 0 amide bonds. The van der Waals surface area contributed by atoms with Crippen molar-refractivity contribution < 1.29 is 0 Å². The van der Waals surface area contributed by atoms with E-state index in [-0.39, 0.29) is 5.54 Å². The van der Waals surface area contributed by atoms with Crippen molar-refractivity contribution in [1.29, 1.82) is 0 Å². The van der Waals surface area contributed by atoms with Gasteiger partial charge in [-0.05, 0) is 47.2 Å². The molecule has 0 radical (unpaired) electrons. The SMILES string of the molecule is CCCCCCCCCC(NC)N(CCC)C(C)(C)C. The van der Waals surface area contributed by atoms with Gasteiger partial charge in [0.05, 0.1) is 6.17 Å². The van der Waals surface area contributed by atoms with Crippen LogP contribution in [0.4, 0.5) is 0 Å². The van der Waals surface area contributed by atoms with Crippen LogP contribution in [0.25, 0.3) is 0 Å². The molecule has 0 aromatic rings.